The molecule has 0 saturated heterocycles. The first-order chi connectivity index (χ1) is 10.2. The van der Waals surface area contributed by atoms with E-state index in [1.54, 1.807) is 11.3 Å². The fourth-order valence-electron chi connectivity index (χ4n) is 2.69. The lowest BCUT2D eigenvalue weighted by molar-refractivity contribution is 0.0955. The average Bonchev–Trinajstić information content (AvgIpc) is 3.18. The van der Waals surface area contributed by atoms with Crippen molar-refractivity contribution in [3.63, 3.8) is 0 Å². The van der Waals surface area contributed by atoms with Crippen molar-refractivity contribution in [3.8, 4) is 10.6 Å². The molecule has 4 rings (SSSR count). The van der Waals surface area contributed by atoms with Crippen LogP contribution in [0.5, 0.6) is 0 Å². The Hall–Kier alpha value is -2.40. The standard InChI is InChI=1S/C16H13N3OS/c1-9-4-6-10(7-5-9)13-12-14(11-3-2-8-21-11)18-19-15(12)16(20)17-13/h2-8,13H,1H3,(H,17,20)(H,18,19). The van der Waals surface area contributed by atoms with Crippen LogP contribution in [-0.4, -0.2) is 16.1 Å². The van der Waals surface area contributed by atoms with Crippen LogP contribution < -0.4 is 5.32 Å². The molecule has 1 aromatic carbocycles. The molecule has 1 aliphatic rings. The lowest BCUT2D eigenvalue weighted by Crippen LogP contribution is -2.21. The molecule has 0 bridgehead atoms. The quantitative estimate of drug-likeness (QED) is 0.762. The van der Waals surface area contributed by atoms with Gasteiger partial charge in [-0.25, -0.2) is 0 Å². The first-order valence-electron chi connectivity index (χ1n) is 6.73. The highest BCUT2D eigenvalue weighted by atomic mass is 32.1. The van der Waals surface area contributed by atoms with E-state index in [-0.39, 0.29) is 11.9 Å². The highest BCUT2D eigenvalue weighted by molar-refractivity contribution is 7.13. The van der Waals surface area contributed by atoms with E-state index in [2.05, 4.69) is 46.7 Å². The lowest BCUT2D eigenvalue weighted by atomic mass is 9.98. The van der Waals surface area contributed by atoms with Crippen LogP contribution in [0, 0.1) is 6.92 Å². The van der Waals surface area contributed by atoms with Crippen LogP contribution in [-0.2, 0) is 0 Å². The van der Waals surface area contributed by atoms with Gasteiger partial charge in [-0.2, -0.15) is 5.10 Å². The number of fused-ring (bicyclic) bond motifs is 1. The summed E-state index contributed by atoms with van der Waals surface area (Å²) >= 11 is 1.64. The number of rotatable bonds is 2. The average molecular weight is 295 g/mol. The molecule has 5 heteroatoms. The summed E-state index contributed by atoms with van der Waals surface area (Å²) in [4.78, 5) is 13.2. The third kappa shape index (κ3) is 1.89. The van der Waals surface area contributed by atoms with Crippen molar-refractivity contribution in [2.75, 3.05) is 0 Å². The summed E-state index contributed by atoms with van der Waals surface area (Å²) in [7, 11) is 0. The Balaban J connectivity index is 1.86. The van der Waals surface area contributed by atoms with Gasteiger partial charge in [0.1, 0.15) is 0 Å². The van der Waals surface area contributed by atoms with Crippen LogP contribution in [0.15, 0.2) is 41.8 Å². The number of nitrogens with zero attached hydrogens (tertiary/aromatic N) is 1. The molecule has 1 atom stereocenters. The first kappa shape index (κ1) is 12.3. The summed E-state index contributed by atoms with van der Waals surface area (Å²) < 4.78 is 0. The van der Waals surface area contributed by atoms with Gasteiger partial charge in [-0.3, -0.25) is 9.89 Å². The van der Waals surface area contributed by atoms with Crippen LogP contribution in [0.2, 0.25) is 0 Å². The highest BCUT2D eigenvalue weighted by Gasteiger charge is 2.35. The smallest absolute Gasteiger partial charge is 0.272 e. The predicted octanol–water partition coefficient (Wildman–Crippen LogP) is 3.28. The number of aryl methyl sites for hydroxylation is 1. The number of H-pyrrole nitrogens is 1. The Labute approximate surface area is 125 Å². The molecule has 2 aromatic heterocycles. The van der Waals surface area contributed by atoms with Crippen LogP contribution in [0.25, 0.3) is 10.6 Å². The summed E-state index contributed by atoms with van der Waals surface area (Å²) in [6.07, 6.45) is 0. The molecule has 1 aliphatic heterocycles. The van der Waals surface area contributed by atoms with Gasteiger partial charge in [0.15, 0.2) is 5.69 Å². The van der Waals surface area contributed by atoms with Crippen molar-refractivity contribution >= 4 is 17.2 Å². The fraction of sp³-hybridized carbons (Fsp3) is 0.125. The molecule has 3 heterocycles. The van der Waals surface area contributed by atoms with Crippen LogP contribution in [0.1, 0.15) is 33.2 Å². The van der Waals surface area contributed by atoms with E-state index < -0.39 is 0 Å². The van der Waals surface area contributed by atoms with Crippen LogP contribution >= 0.6 is 11.3 Å². The number of benzene rings is 1. The number of carbonyl (C=O) groups is 1. The Morgan fingerprint density at radius 3 is 2.71 bits per heavy atom. The minimum Gasteiger partial charge on any atom is -0.340 e. The Kier molecular flexibility index (Phi) is 2.68. The van der Waals surface area contributed by atoms with Crippen molar-refractivity contribution in [1.82, 2.24) is 15.5 Å². The van der Waals surface area contributed by atoms with Gasteiger partial charge in [-0.15, -0.1) is 11.3 Å². The Bertz CT molecular complexity index is 803. The van der Waals surface area contributed by atoms with E-state index >= 15 is 0 Å². The SMILES string of the molecule is Cc1ccc(C2NC(=O)c3n[nH]c(-c4cccs4)c32)cc1. The molecule has 4 nitrogen and oxygen atoms in total. The number of thiophene rings is 1. The Morgan fingerprint density at radius 1 is 1.19 bits per heavy atom. The number of nitrogens with one attached hydrogen (secondary N) is 2. The van der Waals surface area contributed by atoms with Crippen molar-refractivity contribution in [1.29, 1.82) is 0 Å². The third-order valence-electron chi connectivity index (χ3n) is 3.76. The zero-order valence-corrected chi connectivity index (χ0v) is 12.2. The molecular formula is C16H13N3OS. The monoisotopic (exact) mass is 295 g/mol. The van der Waals surface area contributed by atoms with E-state index in [4.69, 9.17) is 0 Å². The maximum absolute atomic E-state index is 12.1. The van der Waals surface area contributed by atoms with E-state index in [1.165, 1.54) is 5.56 Å². The summed E-state index contributed by atoms with van der Waals surface area (Å²) in [6, 6.07) is 12.1. The molecule has 0 spiro atoms. The molecule has 21 heavy (non-hydrogen) atoms. The number of aromatic amines is 1. The van der Waals surface area contributed by atoms with E-state index in [0.717, 1.165) is 21.7 Å². The van der Waals surface area contributed by atoms with E-state index in [9.17, 15) is 4.79 Å². The van der Waals surface area contributed by atoms with Gasteiger partial charge in [0.05, 0.1) is 16.6 Å². The molecule has 2 N–H and O–H groups in total. The largest absolute Gasteiger partial charge is 0.340 e. The number of aromatic nitrogens is 2. The summed E-state index contributed by atoms with van der Waals surface area (Å²) in [5.41, 5.74) is 4.67. The molecule has 1 amide bonds. The summed E-state index contributed by atoms with van der Waals surface area (Å²) in [5, 5.41) is 12.3. The zero-order chi connectivity index (χ0) is 14.4. The van der Waals surface area contributed by atoms with Crippen molar-refractivity contribution < 1.29 is 4.79 Å². The summed E-state index contributed by atoms with van der Waals surface area (Å²) in [5.74, 6) is -0.116. The maximum Gasteiger partial charge on any atom is 0.272 e. The van der Waals surface area contributed by atoms with Gasteiger partial charge < -0.3 is 5.32 Å². The van der Waals surface area contributed by atoms with Crippen molar-refractivity contribution in [2.45, 2.75) is 13.0 Å². The second-order valence-corrected chi connectivity index (χ2v) is 6.10. The van der Waals surface area contributed by atoms with Gasteiger partial charge in [-0.1, -0.05) is 35.9 Å². The molecule has 0 fully saturated rings. The lowest BCUT2D eigenvalue weighted by Gasteiger charge is -2.13. The Morgan fingerprint density at radius 2 is 2.00 bits per heavy atom. The van der Waals surface area contributed by atoms with Gasteiger partial charge in [-0.05, 0) is 23.9 Å². The molecule has 0 radical (unpaired) electrons. The fourth-order valence-corrected chi connectivity index (χ4v) is 3.43. The summed E-state index contributed by atoms with van der Waals surface area (Å²) in [6.45, 7) is 2.05. The van der Waals surface area contributed by atoms with Gasteiger partial charge in [0, 0.05) is 5.56 Å². The minimum absolute atomic E-state index is 0.116. The second-order valence-electron chi connectivity index (χ2n) is 5.16. The zero-order valence-electron chi connectivity index (χ0n) is 11.4. The second kappa shape index (κ2) is 4.56. The van der Waals surface area contributed by atoms with Gasteiger partial charge in [0.25, 0.3) is 5.91 Å². The maximum atomic E-state index is 12.1. The predicted molar refractivity (Wildman–Crippen MR) is 82.4 cm³/mol. The molecular weight excluding hydrogens is 282 g/mol. The molecule has 1 unspecified atom stereocenters. The molecule has 3 aromatic rings. The van der Waals surface area contributed by atoms with Crippen LogP contribution in [0.3, 0.4) is 0 Å². The molecule has 104 valence electrons. The number of carbonyl (C=O) groups excluding carboxylic acids is 1. The minimum atomic E-state index is -0.135. The highest BCUT2D eigenvalue weighted by Crippen LogP contribution is 2.38. The number of amides is 1. The number of hydrogen-bond acceptors (Lipinski definition) is 3. The number of hydrogen-bond donors (Lipinski definition) is 2. The third-order valence-corrected chi connectivity index (χ3v) is 4.65. The van der Waals surface area contributed by atoms with E-state index in [1.807, 2.05) is 17.5 Å². The normalized spacial score (nSPS) is 16.8. The van der Waals surface area contributed by atoms with Gasteiger partial charge in [0.2, 0.25) is 0 Å². The van der Waals surface area contributed by atoms with Crippen molar-refractivity contribution in [3.05, 3.63) is 64.2 Å². The first-order valence-corrected chi connectivity index (χ1v) is 7.61. The van der Waals surface area contributed by atoms with Crippen LogP contribution in [0.4, 0.5) is 0 Å². The van der Waals surface area contributed by atoms with Crippen molar-refractivity contribution in [2.24, 2.45) is 0 Å². The topological polar surface area (TPSA) is 57.8 Å². The van der Waals surface area contributed by atoms with E-state index in [0.29, 0.717) is 5.69 Å². The van der Waals surface area contributed by atoms with Gasteiger partial charge >= 0.3 is 0 Å². The molecule has 0 aliphatic carbocycles. The molecule has 0 saturated carbocycles.